The monoisotopic (exact) mass is 1170 g/mol. The molecule has 0 aliphatic carbocycles. The van der Waals surface area contributed by atoms with Crippen LogP contribution in [-0.4, -0.2) is 190 Å². The molecule has 6 rings (SSSR count). The van der Waals surface area contributed by atoms with Gasteiger partial charge in [-0.15, -0.1) is 10.2 Å². The van der Waals surface area contributed by atoms with Crippen LogP contribution in [0, 0.1) is 21.5 Å². The first kappa shape index (κ1) is 61.4. The first-order chi connectivity index (χ1) is 35.3. The van der Waals surface area contributed by atoms with Gasteiger partial charge in [-0.1, -0.05) is 43.3 Å². The Labute approximate surface area is 458 Å². The van der Waals surface area contributed by atoms with E-state index in [-0.39, 0.29) is 43.9 Å². The molecule has 5 heterocycles. The van der Waals surface area contributed by atoms with Crippen LogP contribution < -0.4 is 0 Å². The number of likely N-dealkylation sites (N-methyl/N-ethyl adjacent to an activating group) is 2. The molecule has 3 aromatic rings. The molecule has 5 N–H and O–H groups in total. The van der Waals surface area contributed by atoms with E-state index in [1.165, 1.54) is 19.6 Å². The predicted molar refractivity (Wildman–Crippen MR) is 288 cm³/mol. The fourth-order valence-corrected chi connectivity index (χ4v) is 12.3. The molecule has 0 bridgehead atoms. The van der Waals surface area contributed by atoms with Crippen LogP contribution in [0.25, 0.3) is 5.69 Å². The molecule has 0 spiro atoms. The fraction of sp³-hybridized carbons (Fsp3) is 0.796. The number of cyclic esters (lactones) is 1. The molecular formula is C54H89IN8O12. The molecule has 2 aromatic heterocycles. The number of aromatic nitrogens is 6. The maximum absolute atomic E-state index is 14.5. The first-order valence-electron chi connectivity index (χ1n) is 27.1. The van der Waals surface area contributed by atoms with Gasteiger partial charge in [0, 0.05) is 70.2 Å². The van der Waals surface area contributed by atoms with Crippen LogP contribution in [0.1, 0.15) is 131 Å². The topological polar surface area (TPSA) is 241 Å². The number of carbonyl (C=O) groups is 1. The molecule has 3 aliphatic rings. The number of benzene rings is 1. The molecule has 0 amide bonds. The summed E-state index contributed by atoms with van der Waals surface area (Å²) in [7, 11) is 5.50. The van der Waals surface area contributed by atoms with Gasteiger partial charge < -0.3 is 63.8 Å². The Balaban J connectivity index is 1.15. The SMILES string of the molecule is CC[C@H]1OC(=O)[C@H](C)[C@@H](O[C@H]2C[C@@](C)(OC)[C@@H](O)[C@H](C)O2)[C@H](C)[C@@H](O[C@H]2C[C@@H](N(C)CCc3cn(CCCCc4ccc(-n5nnc(CO)c5I)cc4)nn3)C[C@@H](C)O2)[C@](C)(O)C[C@@H](C)CN(C)[C@H](C)[C@@H](O)[C@]1(C)O. The lowest BCUT2D eigenvalue weighted by molar-refractivity contribution is -0.308. The summed E-state index contributed by atoms with van der Waals surface area (Å²) in [5.74, 6) is -2.46. The zero-order chi connectivity index (χ0) is 55.2. The van der Waals surface area contributed by atoms with Crippen molar-refractivity contribution in [2.24, 2.45) is 17.8 Å². The quantitative estimate of drug-likeness (QED) is 0.0691. The Kier molecular flexibility index (Phi) is 21.7. The van der Waals surface area contributed by atoms with Gasteiger partial charge in [0.1, 0.15) is 33.3 Å². The summed E-state index contributed by atoms with van der Waals surface area (Å²) in [4.78, 5) is 18.8. The van der Waals surface area contributed by atoms with Gasteiger partial charge in [-0.2, -0.15) is 0 Å². The van der Waals surface area contributed by atoms with Crippen molar-refractivity contribution < 1.29 is 58.7 Å². The highest BCUT2D eigenvalue weighted by molar-refractivity contribution is 14.1. The normalized spacial score (nSPS) is 37.0. The van der Waals surface area contributed by atoms with Crippen LogP contribution in [0.2, 0.25) is 0 Å². The summed E-state index contributed by atoms with van der Waals surface area (Å²) >= 11 is 2.15. The summed E-state index contributed by atoms with van der Waals surface area (Å²) in [6, 6.07) is 7.78. The molecule has 20 nitrogen and oxygen atoms in total. The molecule has 3 saturated heterocycles. The van der Waals surface area contributed by atoms with Gasteiger partial charge in [-0.3, -0.25) is 9.48 Å². The van der Waals surface area contributed by atoms with Crippen LogP contribution in [0.5, 0.6) is 0 Å². The average molecular weight is 1170 g/mol. The largest absolute Gasteiger partial charge is 0.459 e. The number of rotatable bonds is 17. The number of methoxy groups -OCH3 is 1. The number of aryl methyl sites for hydroxylation is 2. The van der Waals surface area contributed by atoms with Gasteiger partial charge in [0.05, 0.1) is 59.5 Å². The van der Waals surface area contributed by atoms with E-state index in [1.807, 2.05) is 62.7 Å². The molecule has 424 valence electrons. The average Bonchev–Trinajstić information content (AvgIpc) is 3.99. The fourth-order valence-electron chi connectivity index (χ4n) is 11.6. The zero-order valence-corrected chi connectivity index (χ0v) is 48.9. The number of carbonyl (C=O) groups excluding carboxylic acids is 1. The van der Waals surface area contributed by atoms with E-state index in [0.29, 0.717) is 25.1 Å². The van der Waals surface area contributed by atoms with Crippen molar-refractivity contribution in [1.82, 2.24) is 39.8 Å². The Bertz CT molecular complexity index is 2250. The van der Waals surface area contributed by atoms with Crippen molar-refractivity contribution in [3.05, 3.63) is 51.1 Å². The number of halogens is 1. The van der Waals surface area contributed by atoms with Crippen LogP contribution in [0.3, 0.4) is 0 Å². The second-order valence-electron chi connectivity index (χ2n) is 22.8. The van der Waals surface area contributed by atoms with E-state index >= 15 is 0 Å². The van der Waals surface area contributed by atoms with Crippen molar-refractivity contribution in [2.75, 3.05) is 34.3 Å². The minimum Gasteiger partial charge on any atom is -0.459 e. The highest BCUT2D eigenvalue weighted by atomic mass is 127. The molecule has 0 saturated carbocycles. The van der Waals surface area contributed by atoms with Crippen LogP contribution in [0.4, 0.5) is 0 Å². The van der Waals surface area contributed by atoms with E-state index in [4.69, 9.17) is 28.4 Å². The number of ether oxygens (including phenoxy) is 6. The Hall–Kier alpha value is -2.78. The minimum absolute atomic E-state index is 0.0682. The van der Waals surface area contributed by atoms with Gasteiger partial charge >= 0.3 is 5.97 Å². The molecule has 0 unspecified atom stereocenters. The summed E-state index contributed by atoms with van der Waals surface area (Å²) in [6.45, 7) is 19.9. The van der Waals surface area contributed by atoms with E-state index in [9.17, 15) is 30.3 Å². The van der Waals surface area contributed by atoms with Crippen LogP contribution in [-0.2, 0) is 59.2 Å². The summed E-state index contributed by atoms with van der Waals surface area (Å²) < 4.78 is 43.2. The van der Waals surface area contributed by atoms with Gasteiger partial charge in [0.25, 0.3) is 0 Å². The smallest absolute Gasteiger partial charge is 0.311 e. The van der Waals surface area contributed by atoms with Crippen molar-refractivity contribution in [3.63, 3.8) is 0 Å². The second kappa shape index (κ2) is 26.5. The molecule has 3 aliphatic heterocycles. The number of esters is 1. The Morgan fingerprint density at radius 3 is 2.27 bits per heavy atom. The van der Waals surface area contributed by atoms with Gasteiger partial charge in [-0.25, -0.2) is 4.68 Å². The third-order valence-corrected chi connectivity index (χ3v) is 17.5. The highest BCUT2D eigenvalue weighted by Crippen LogP contribution is 2.40. The van der Waals surface area contributed by atoms with Crippen molar-refractivity contribution in [3.8, 4) is 5.69 Å². The van der Waals surface area contributed by atoms with E-state index in [1.54, 1.807) is 39.3 Å². The summed E-state index contributed by atoms with van der Waals surface area (Å²) in [5, 5.41) is 74.2. The maximum Gasteiger partial charge on any atom is 0.311 e. The molecular weight excluding hydrogens is 1080 g/mol. The third kappa shape index (κ3) is 15.1. The van der Waals surface area contributed by atoms with Crippen molar-refractivity contribution in [2.45, 2.75) is 224 Å². The molecule has 3 fully saturated rings. The molecule has 0 radical (unpaired) electrons. The molecule has 17 atom stereocenters. The van der Waals surface area contributed by atoms with Crippen LogP contribution >= 0.6 is 22.6 Å². The van der Waals surface area contributed by atoms with Gasteiger partial charge in [-0.05, 0) is 147 Å². The second-order valence-corrected chi connectivity index (χ2v) is 23.8. The number of nitrogens with zero attached hydrogens (tertiary/aromatic N) is 8. The number of hydrogen-bond donors (Lipinski definition) is 5. The van der Waals surface area contributed by atoms with E-state index in [0.717, 1.165) is 53.9 Å². The van der Waals surface area contributed by atoms with E-state index in [2.05, 4.69) is 67.3 Å². The predicted octanol–water partition coefficient (Wildman–Crippen LogP) is 4.83. The zero-order valence-electron chi connectivity index (χ0n) is 46.7. The van der Waals surface area contributed by atoms with Crippen molar-refractivity contribution in [1.29, 1.82) is 0 Å². The lowest BCUT2D eigenvalue weighted by Gasteiger charge is -2.48. The number of aliphatic hydroxyl groups is 5. The molecule has 1 aromatic carbocycles. The number of unbranched alkanes of at least 4 members (excludes halogenated alkanes) is 1. The summed E-state index contributed by atoms with van der Waals surface area (Å²) in [5.41, 5.74) is -0.735. The molecule has 75 heavy (non-hydrogen) atoms. The minimum atomic E-state index is -1.81. The highest BCUT2D eigenvalue weighted by Gasteiger charge is 2.52. The van der Waals surface area contributed by atoms with Crippen molar-refractivity contribution >= 4 is 28.6 Å². The van der Waals surface area contributed by atoms with Gasteiger partial charge in [0.2, 0.25) is 0 Å². The number of aliphatic hydroxyl groups excluding tert-OH is 3. The van der Waals surface area contributed by atoms with E-state index < -0.39 is 89.9 Å². The maximum atomic E-state index is 14.5. The lowest BCUT2D eigenvalue weighted by atomic mass is 9.77. The standard InChI is InChI=1S/C54H89IN8O12/c1-14-43-54(10,69)47(65)36(6)61(12)29-32(2)27-52(8,68)49(34(4)46(35(5)51(67)73-43)74-45-28-53(9,70-13)48(66)37(7)72-45)75-44-26-41(25-33(3)71-44)60(11)24-22-39-30-62(58-56-39)23-16-15-17-38-18-20-40(21-19-38)63-50(55)42(31-64)57-59-63/h18-21,30,32-37,41,43-49,64-66,68-69H,14-17,22-29,31H2,1-13H3/t32-,33-,34+,35-,36-,37+,41+,43-,44+,45+,46+,47-,48+,49-,52-,53-,54-/m1/s1. The third-order valence-electron chi connectivity index (χ3n) is 16.4. The van der Waals surface area contributed by atoms with Crippen LogP contribution in [0.15, 0.2) is 30.5 Å². The summed E-state index contributed by atoms with van der Waals surface area (Å²) in [6.07, 6.45) is -0.209. The Morgan fingerprint density at radius 1 is 0.907 bits per heavy atom. The van der Waals surface area contributed by atoms with Gasteiger partial charge in [0.15, 0.2) is 12.6 Å². The Morgan fingerprint density at radius 2 is 1.61 bits per heavy atom. The molecule has 21 heteroatoms. The number of hydrogen-bond acceptors (Lipinski definition) is 18. The lowest BCUT2D eigenvalue weighted by Crippen LogP contribution is -2.59. The first-order valence-corrected chi connectivity index (χ1v) is 28.2.